The van der Waals surface area contributed by atoms with Gasteiger partial charge in [0.25, 0.3) is 5.91 Å². The van der Waals surface area contributed by atoms with Gasteiger partial charge in [-0.3, -0.25) is 4.79 Å². The lowest BCUT2D eigenvalue weighted by atomic mass is 10.1. The van der Waals surface area contributed by atoms with E-state index >= 15 is 0 Å². The summed E-state index contributed by atoms with van der Waals surface area (Å²) in [6.07, 6.45) is 3.96. The van der Waals surface area contributed by atoms with E-state index in [1.165, 1.54) is 11.8 Å². The second-order valence-electron chi connectivity index (χ2n) is 5.81. The fraction of sp³-hybridized carbons (Fsp3) is 0.100. The SMILES string of the molecule is O=C1NC(=S)SC1=Cc1cn(CCOc2ccccc2)c2ccccc12. The number of rotatable bonds is 5. The molecular formula is C20H16N2O2S2. The lowest BCUT2D eigenvalue weighted by Gasteiger charge is -2.08. The Morgan fingerprint density at radius 3 is 2.65 bits per heavy atom. The highest BCUT2D eigenvalue weighted by atomic mass is 32.2. The minimum absolute atomic E-state index is 0.135. The number of carbonyl (C=O) groups is 1. The molecule has 0 radical (unpaired) electrons. The number of hydrogen-bond acceptors (Lipinski definition) is 4. The maximum Gasteiger partial charge on any atom is 0.263 e. The number of thioether (sulfide) groups is 1. The van der Waals surface area contributed by atoms with Gasteiger partial charge in [0.05, 0.1) is 11.4 Å². The Bertz CT molecular complexity index is 1010. The van der Waals surface area contributed by atoms with Crippen molar-refractivity contribution in [3.05, 3.63) is 71.3 Å². The van der Waals surface area contributed by atoms with Gasteiger partial charge in [0.1, 0.15) is 16.7 Å². The van der Waals surface area contributed by atoms with Gasteiger partial charge in [-0.15, -0.1) is 0 Å². The number of benzene rings is 2. The van der Waals surface area contributed by atoms with Crippen molar-refractivity contribution >= 4 is 51.2 Å². The Morgan fingerprint density at radius 1 is 1.12 bits per heavy atom. The molecule has 1 amide bonds. The summed E-state index contributed by atoms with van der Waals surface area (Å²) in [4.78, 5) is 12.6. The highest BCUT2D eigenvalue weighted by Crippen LogP contribution is 2.29. The number of aromatic nitrogens is 1. The van der Waals surface area contributed by atoms with Crippen molar-refractivity contribution in [2.75, 3.05) is 6.61 Å². The first-order valence-electron chi connectivity index (χ1n) is 8.21. The first kappa shape index (κ1) is 16.9. The number of amides is 1. The highest BCUT2D eigenvalue weighted by Gasteiger charge is 2.22. The molecule has 2 heterocycles. The molecule has 4 rings (SSSR count). The zero-order valence-corrected chi connectivity index (χ0v) is 15.5. The van der Waals surface area contributed by atoms with Gasteiger partial charge in [0.15, 0.2) is 0 Å². The van der Waals surface area contributed by atoms with E-state index in [0.29, 0.717) is 15.8 Å². The Balaban J connectivity index is 1.59. The predicted molar refractivity (Wildman–Crippen MR) is 110 cm³/mol. The first-order valence-corrected chi connectivity index (χ1v) is 9.44. The van der Waals surface area contributed by atoms with Crippen molar-refractivity contribution in [2.24, 2.45) is 0 Å². The molecule has 0 bridgehead atoms. The molecule has 0 unspecified atom stereocenters. The van der Waals surface area contributed by atoms with E-state index in [-0.39, 0.29) is 5.91 Å². The number of fused-ring (bicyclic) bond motifs is 1. The van der Waals surface area contributed by atoms with Gasteiger partial charge in [-0.2, -0.15) is 0 Å². The molecule has 0 saturated carbocycles. The average molecular weight is 380 g/mol. The van der Waals surface area contributed by atoms with Crippen LogP contribution in [-0.4, -0.2) is 21.4 Å². The van der Waals surface area contributed by atoms with E-state index in [0.717, 1.165) is 28.8 Å². The molecule has 0 aliphatic carbocycles. The number of para-hydroxylation sites is 2. The zero-order chi connectivity index (χ0) is 17.9. The summed E-state index contributed by atoms with van der Waals surface area (Å²) in [5.41, 5.74) is 2.12. The van der Waals surface area contributed by atoms with Gasteiger partial charge < -0.3 is 14.6 Å². The van der Waals surface area contributed by atoms with E-state index in [1.807, 2.05) is 48.5 Å². The number of ether oxygens (including phenoxy) is 1. The number of thiocarbonyl (C=S) groups is 1. The lowest BCUT2D eigenvalue weighted by Crippen LogP contribution is -2.17. The second-order valence-corrected chi connectivity index (χ2v) is 7.53. The van der Waals surface area contributed by atoms with Crippen LogP contribution in [0.1, 0.15) is 5.56 Å². The van der Waals surface area contributed by atoms with E-state index < -0.39 is 0 Å². The molecule has 1 fully saturated rings. The van der Waals surface area contributed by atoms with Gasteiger partial charge in [-0.25, -0.2) is 0 Å². The summed E-state index contributed by atoms with van der Waals surface area (Å²) in [7, 11) is 0. The maximum absolute atomic E-state index is 11.9. The molecule has 1 aromatic heterocycles. The molecule has 26 heavy (non-hydrogen) atoms. The second kappa shape index (κ2) is 7.35. The van der Waals surface area contributed by atoms with Crippen molar-refractivity contribution in [1.29, 1.82) is 0 Å². The van der Waals surface area contributed by atoms with Gasteiger partial charge in [-0.05, 0) is 24.3 Å². The summed E-state index contributed by atoms with van der Waals surface area (Å²) < 4.78 is 8.47. The van der Waals surface area contributed by atoms with Crippen LogP contribution in [0.3, 0.4) is 0 Å². The minimum Gasteiger partial charge on any atom is -0.492 e. The molecular weight excluding hydrogens is 364 g/mol. The molecule has 2 aromatic carbocycles. The van der Waals surface area contributed by atoms with E-state index in [9.17, 15) is 4.79 Å². The number of nitrogens with one attached hydrogen (secondary N) is 1. The van der Waals surface area contributed by atoms with Crippen LogP contribution >= 0.6 is 24.0 Å². The minimum atomic E-state index is -0.135. The predicted octanol–water partition coefficient (Wildman–Crippen LogP) is 4.21. The summed E-state index contributed by atoms with van der Waals surface area (Å²) in [6, 6.07) is 17.9. The lowest BCUT2D eigenvalue weighted by molar-refractivity contribution is -0.115. The molecule has 3 aromatic rings. The molecule has 6 heteroatoms. The molecule has 1 saturated heterocycles. The fourth-order valence-electron chi connectivity index (χ4n) is 2.92. The van der Waals surface area contributed by atoms with Crippen molar-refractivity contribution in [3.8, 4) is 5.75 Å². The Labute approximate surface area is 160 Å². The van der Waals surface area contributed by atoms with E-state index in [2.05, 4.69) is 28.2 Å². The summed E-state index contributed by atoms with van der Waals surface area (Å²) in [6.45, 7) is 1.29. The van der Waals surface area contributed by atoms with Crippen LogP contribution in [0.15, 0.2) is 65.7 Å². The van der Waals surface area contributed by atoms with Crippen LogP contribution in [0.5, 0.6) is 5.75 Å². The van der Waals surface area contributed by atoms with Gasteiger partial charge in [-0.1, -0.05) is 60.4 Å². The van der Waals surface area contributed by atoms with Gasteiger partial charge >= 0.3 is 0 Å². The normalized spacial score (nSPS) is 15.6. The summed E-state index contributed by atoms with van der Waals surface area (Å²) in [5.74, 6) is 0.725. The summed E-state index contributed by atoms with van der Waals surface area (Å²) >= 11 is 6.36. The smallest absolute Gasteiger partial charge is 0.263 e. The van der Waals surface area contributed by atoms with Crippen molar-refractivity contribution in [2.45, 2.75) is 6.54 Å². The van der Waals surface area contributed by atoms with Crippen molar-refractivity contribution < 1.29 is 9.53 Å². The zero-order valence-electron chi connectivity index (χ0n) is 13.8. The molecule has 1 aliphatic rings. The largest absolute Gasteiger partial charge is 0.492 e. The van der Waals surface area contributed by atoms with Crippen molar-refractivity contribution in [3.63, 3.8) is 0 Å². The number of carbonyl (C=O) groups excluding carboxylic acids is 1. The Kier molecular flexibility index (Phi) is 4.77. The first-order chi connectivity index (χ1) is 12.7. The maximum atomic E-state index is 11.9. The van der Waals surface area contributed by atoms with Crippen molar-refractivity contribution in [1.82, 2.24) is 9.88 Å². The van der Waals surface area contributed by atoms with Crippen LogP contribution in [-0.2, 0) is 11.3 Å². The third kappa shape index (κ3) is 3.52. The topological polar surface area (TPSA) is 43.3 Å². The highest BCUT2D eigenvalue weighted by molar-refractivity contribution is 8.26. The molecule has 0 atom stereocenters. The molecule has 130 valence electrons. The van der Waals surface area contributed by atoms with Crippen LogP contribution in [0.2, 0.25) is 0 Å². The quantitative estimate of drug-likeness (QED) is 0.532. The van der Waals surface area contributed by atoms with Crippen LogP contribution in [0.25, 0.3) is 17.0 Å². The summed E-state index contributed by atoms with van der Waals surface area (Å²) in [5, 5.41) is 3.76. The van der Waals surface area contributed by atoms with E-state index in [4.69, 9.17) is 17.0 Å². The Hall–Kier alpha value is -2.57. The third-order valence-corrected chi connectivity index (χ3v) is 5.25. The van der Waals surface area contributed by atoms with E-state index in [1.54, 1.807) is 0 Å². The number of nitrogens with zero attached hydrogens (tertiary/aromatic N) is 1. The monoisotopic (exact) mass is 380 g/mol. The van der Waals surface area contributed by atoms with Crippen LogP contribution in [0.4, 0.5) is 0 Å². The Morgan fingerprint density at radius 2 is 1.88 bits per heavy atom. The van der Waals surface area contributed by atoms with Gasteiger partial charge in [0.2, 0.25) is 0 Å². The van der Waals surface area contributed by atoms with Crippen LogP contribution < -0.4 is 10.1 Å². The standard InChI is InChI=1S/C20H16N2O2S2/c23-19-18(26-20(25)21-19)12-14-13-22(17-9-5-4-8-16(14)17)10-11-24-15-6-2-1-3-7-15/h1-9,12-13H,10-11H2,(H,21,23,25). The number of hydrogen-bond donors (Lipinski definition) is 1. The fourth-order valence-corrected chi connectivity index (χ4v) is 3.95. The molecule has 4 nitrogen and oxygen atoms in total. The average Bonchev–Trinajstić information content (AvgIpc) is 3.16. The third-order valence-electron chi connectivity index (χ3n) is 4.09. The van der Waals surface area contributed by atoms with Crippen LogP contribution in [0, 0.1) is 0 Å². The van der Waals surface area contributed by atoms with Gasteiger partial charge in [0, 0.05) is 22.7 Å². The molecule has 0 spiro atoms. The molecule has 1 N–H and O–H groups in total. The molecule has 1 aliphatic heterocycles.